The molecule has 9 heavy (non-hydrogen) atoms. The van der Waals surface area contributed by atoms with Gasteiger partial charge in [0.1, 0.15) is 0 Å². The molecule has 0 fully saturated rings. The second-order valence-corrected chi connectivity index (χ2v) is 1.55. The topological polar surface area (TPSA) is 75.2 Å². The molecule has 3 N–H and O–H groups in total. The van der Waals surface area contributed by atoms with Crippen LogP contribution in [0.5, 0.6) is 0 Å². The zero-order valence-electron chi connectivity index (χ0n) is 6.02. The van der Waals surface area contributed by atoms with Crippen molar-refractivity contribution in [2.24, 2.45) is 0 Å². The van der Waals surface area contributed by atoms with E-state index in [9.17, 15) is 0 Å². The fourth-order valence-electron chi connectivity index (χ4n) is 0.0500. The summed E-state index contributed by atoms with van der Waals surface area (Å²) in [5, 5.41) is 15.3. The zero-order chi connectivity index (χ0) is 7.54. The average molecular weight is 125 g/mol. The summed E-state index contributed by atoms with van der Waals surface area (Å²) in [5.74, 6) is 3.56. The summed E-state index contributed by atoms with van der Waals surface area (Å²) in [6.45, 7) is 3.19. The molecule has 0 aliphatic heterocycles. The molecule has 0 heterocycles. The summed E-state index contributed by atoms with van der Waals surface area (Å²) in [6.07, 6.45) is 1.21. The molecule has 0 saturated heterocycles. The second-order valence-electron chi connectivity index (χ2n) is 1.55. The van der Waals surface area contributed by atoms with E-state index in [0.717, 1.165) is 6.54 Å². The third-order valence-corrected chi connectivity index (χ3v) is 0.577. The number of nitrogens with zero attached hydrogens (tertiary/aromatic N) is 2. The fraction of sp³-hybridized carbons (Fsp3) is 0.600. The monoisotopic (exact) mass is 125 g/mol. The summed E-state index contributed by atoms with van der Waals surface area (Å²) < 4.78 is 0. The van der Waals surface area contributed by atoms with Gasteiger partial charge < -0.3 is 5.73 Å². The lowest BCUT2D eigenvalue weighted by Crippen LogP contribution is -2.49. The van der Waals surface area contributed by atoms with Crippen molar-refractivity contribution >= 4 is 7.28 Å². The molecule has 50 valence electrons. The molecule has 0 unspecified atom stereocenters. The summed E-state index contributed by atoms with van der Waals surface area (Å²) in [6, 6.07) is 0. The van der Waals surface area contributed by atoms with Crippen LogP contribution in [0.3, 0.4) is 0 Å². The maximum Gasteiger partial charge on any atom is 0.179 e. The van der Waals surface area contributed by atoms with Crippen LogP contribution in [0.15, 0.2) is 0 Å². The SMILES string of the molecule is CCC[NH3+].N#C[BH2-]C#N. The van der Waals surface area contributed by atoms with E-state index in [2.05, 4.69) is 12.7 Å². The molecule has 0 aliphatic carbocycles. The fourth-order valence-corrected chi connectivity index (χ4v) is 0.0500. The first-order chi connectivity index (χ1) is 4.33. The number of quaternary nitrogens is 1. The van der Waals surface area contributed by atoms with Crippen LogP contribution >= 0.6 is 0 Å². The summed E-state index contributed by atoms with van der Waals surface area (Å²) in [7, 11) is -0.861. The van der Waals surface area contributed by atoms with Crippen molar-refractivity contribution < 1.29 is 5.73 Å². The number of rotatable bonds is 1. The molecule has 0 saturated carbocycles. The Morgan fingerprint density at radius 1 is 1.44 bits per heavy atom. The maximum atomic E-state index is 7.65. The van der Waals surface area contributed by atoms with E-state index < -0.39 is 7.28 Å². The molecule has 0 rings (SSSR count). The third-order valence-electron chi connectivity index (χ3n) is 0.577. The van der Waals surface area contributed by atoms with Crippen molar-refractivity contribution in [3.63, 3.8) is 0 Å². The Labute approximate surface area is 56.3 Å². The van der Waals surface area contributed by atoms with Gasteiger partial charge in [0, 0.05) is 0 Å². The lowest BCUT2D eigenvalue weighted by atomic mass is 9.85. The Bertz CT molecular complexity index is 96.4. The van der Waals surface area contributed by atoms with Crippen LogP contribution in [-0.4, -0.2) is 13.8 Å². The van der Waals surface area contributed by atoms with E-state index in [1.807, 2.05) is 0 Å². The molecule has 0 aliphatic rings. The van der Waals surface area contributed by atoms with E-state index in [4.69, 9.17) is 10.5 Å². The van der Waals surface area contributed by atoms with Gasteiger partial charge in [0.25, 0.3) is 0 Å². The Kier molecular flexibility index (Phi) is 19.1. The van der Waals surface area contributed by atoms with Crippen LogP contribution in [0.4, 0.5) is 0 Å². The van der Waals surface area contributed by atoms with Gasteiger partial charge in [-0.2, -0.15) is 0 Å². The molecule has 0 bridgehead atoms. The number of hydrogen-bond acceptors (Lipinski definition) is 2. The summed E-state index contributed by atoms with van der Waals surface area (Å²) in [5.41, 5.74) is 3.60. The van der Waals surface area contributed by atoms with Crippen molar-refractivity contribution in [3.05, 3.63) is 0 Å². The predicted molar refractivity (Wildman–Crippen MR) is 37.8 cm³/mol. The van der Waals surface area contributed by atoms with Crippen molar-refractivity contribution in [3.8, 4) is 11.9 Å². The molecule has 0 amide bonds. The molecule has 0 atom stereocenters. The Hall–Kier alpha value is -0.995. The van der Waals surface area contributed by atoms with Gasteiger partial charge in [0.15, 0.2) is 7.28 Å². The zero-order valence-corrected chi connectivity index (χ0v) is 6.02. The molecular weight excluding hydrogens is 113 g/mol. The Morgan fingerprint density at radius 2 is 1.78 bits per heavy atom. The van der Waals surface area contributed by atoms with Crippen LogP contribution in [0.25, 0.3) is 0 Å². The van der Waals surface area contributed by atoms with Gasteiger partial charge in [0.2, 0.25) is 0 Å². The maximum absolute atomic E-state index is 7.65. The molecule has 0 aromatic rings. The third kappa shape index (κ3) is 43.7. The highest BCUT2D eigenvalue weighted by molar-refractivity contribution is 6.53. The predicted octanol–water partition coefficient (Wildman–Crippen LogP) is -1.24. The molecule has 0 aromatic carbocycles. The quantitative estimate of drug-likeness (QED) is 0.445. The average Bonchev–Trinajstić information content (AvgIpc) is 1.91. The van der Waals surface area contributed by atoms with Crippen LogP contribution in [0, 0.1) is 22.5 Å². The number of hydrogen-bond donors (Lipinski definition) is 1. The van der Waals surface area contributed by atoms with Crippen LogP contribution in [0.2, 0.25) is 0 Å². The van der Waals surface area contributed by atoms with Crippen molar-refractivity contribution in [1.29, 1.82) is 10.5 Å². The minimum atomic E-state index is -0.861. The van der Waals surface area contributed by atoms with Gasteiger partial charge in [0.05, 0.1) is 6.54 Å². The van der Waals surface area contributed by atoms with E-state index in [1.165, 1.54) is 6.42 Å². The van der Waals surface area contributed by atoms with E-state index in [1.54, 1.807) is 11.9 Å². The molecule has 0 aromatic heterocycles. The summed E-state index contributed by atoms with van der Waals surface area (Å²) in [4.78, 5) is 0. The summed E-state index contributed by atoms with van der Waals surface area (Å²) >= 11 is 0. The number of nitriles is 2. The largest absolute Gasteiger partial charge is 0.358 e. The van der Waals surface area contributed by atoms with Crippen LogP contribution in [-0.2, 0) is 0 Å². The van der Waals surface area contributed by atoms with E-state index in [0.29, 0.717) is 0 Å². The lowest BCUT2D eigenvalue weighted by molar-refractivity contribution is -0.367. The first-order valence-corrected chi connectivity index (χ1v) is 3.15. The highest BCUT2D eigenvalue weighted by atomic mass is 14.5. The van der Waals surface area contributed by atoms with Gasteiger partial charge in [-0.1, -0.05) is 6.92 Å². The lowest BCUT2D eigenvalue weighted by Gasteiger charge is -1.66. The molecule has 4 heteroatoms. The first kappa shape index (κ1) is 10.9. The molecule has 3 nitrogen and oxygen atoms in total. The molecule has 0 spiro atoms. The molecular formula is C5H12BN3. The minimum absolute atomic E-state index is 0.861. The normalized spacial score (nSPS) is 5.78. The van der Waals surface area contributed by atoms with E-state index in [-0.39, 0.29) is 0 Å². The van der Waals surface area contributed by atoms with Gasteiger partial charge in [-0.05, 0) is 6.42 Å². The van der Waals surface area contributed by atoms with Gasteiger partial charge >= 0.3 is 0 Å². The van der Waals surface area contributed by atoms with E-state index >= 15 is 0 Å². The standard InChI is InChI=1S/C3H9N.C2H2BN2/c1-2-3-4;4-1-3-2-5/h2-4H2,1H3;3H2/q;-1/p+1. The van der Waals surface area contributed by atoms with Gasteiger partial charge in [-0.25, -0.2) is 10.5 Å². The Balaban J connectivity index is 0. The minimum Gasteiger partial charge on any atom is -0.358 e. The second kappa shape index (κ2) is 15.7. The first-order valence-electron chi connectivity index (χ1n) is 3.15. The highest BCUT2D eigenvalue weighted by Gasteiger charge is 1.59. The van der Waals surface area contributed by atoms with Gasteiger partial charge in [-0.3, -0.25) is 0 Å². The van der Waals surface area contributed by atoms with Crippen molar-refractivity contribution in [2.45, 2.75) is 13.3 Å². The van der Waals surface area contributed by atoms with Crippen LogP contribution in [0.1, 0.15) is 13.3 Å². The van der Waals surface area contributed by atoms with Crippen molar-refractivity contribution in [2.75, 3.05) is 6.54 Å². The van der Waals surface area contributed by atoms with Crippen molar-refractivity contribution in [1.82, 2.24) is 0 Å². The Morgan fingerprint density at radius 3 is 1.78 bits per heavy atom. The molecule has 0 radical (unpaired) electrons. The van der Waals surface area contributed by atoms with Gasteiger partial charge in [-0.15, -0.1) is 11.9 Å². The highest BCUT2D eigenvalue weighted by Crippen LogP contribution is 1.54. The van der Waals surface area contributed by atoms with Crippen LogP contribution < -0.4 is 5.73 Å². The smallest absolute Gasteiger partial charge is 0.179 e.